The fraction of sp³-hybridized carbons (Fsp3) is 0. The minimum Gasteiger partial charge on any atom is -0.294 e. The highest BCUT2D eigenvalue weighted by atomic mass is 15.2. The molecule has 4 heteroatoms. The Bertz CT molecular complexity index is 1980. The molecule has 0 fully saturated rings. The van der Waals surface area contributed by atoms with E-state index in [0.717, 1.165) is 67.2 Å². The maximum atomic E-state index is 5.10. The molecule has 0 bridgehead atoms. The van der Waals surface area contributed by atoms with Gasteiger partial charge in [-0.25, -0.2) is 15.0 Å². The highest BCUT2D eigenvalue weighted by Crippen LogP contribution is 2.50. The van der Waals surface area contributed by atoms with Crippen molar-refractivity contribution in [3.8, 4) is 45.0 Å². The van der Waals surface area contributed by atoms with Crippen LogP contribution >= 0.6 is 0 Å². The first-order chi connectivity index (χ1) is 20.3. The first-order valence-electron chi connectivity index (χ1n) is 13.7. The monoisotopic (exact) mass is 524 g/mol. The Balaban J connectivity index is 1.38. The average molecular weight is 525 g/mol. The molecular formula is C37H24N4. The SMILES string of the molecule is c1ccc(-c2cc(-c3ccccc3)nc(-c3cc4c5c(nccc5c3)N(c3ccccc3)c3ccccc3-4)n2)cc1. The van der Waals surface area contributed by atoms with E-state index < -0.39 is 0 Å². The normalized spacial score (nSPS) is 11.9. The number of hydrogen-bond donors (Lipinski definition) is 0. The number of hydrogen-bond acceptors (Lipinski definition) is 4. The van der Waals surface area contributed by atoms with Crippen LogP contribution in [0.3, 0.4) is 0 Å². The molecule has 0 N–H and O–H groups in total. The van der Waals surface area contributed by atoms with E-state index in [2.05, 4.69) is 102 Å². The number of rotatable bonds is 4. The Morgan fingerprint density at radius 1 is 0.488 bits per heavy atom. The van der Waals surface area contributed by atoms with Crippen LogP contribution in [-0.4, -0.2) is 15.0 Å². The molecule has 5 aromatic carbocycles. The van der Waals surface area contributed by atoms with Crippen LogP contribution in [0.15, 0.2) is 146 Å². The third-order valence-corrected chi connectivity index (χ3v) is 7.63. The second-order valence-electron chi connectivity index (χ2n) is 10.1. The Kier molecular flexibility index (Phi) is 5.42. The highest BCUT2D eigenvalue weighted by Gasteiger charge is 2.27. The molecule has 0 amide bonds. The van der Waals surface area contributed by atoms with Gasteiger partial charge in [-0.3, -0.25) is 4.90 Å². The lowest BCUT2D eigenvalue weighted by molar-refractivity contribution is 1.18. The van der Waals surface area contributed by atoms with E-state index >= 15 is 0 Å². The van der Waals surface area contributed by atoms with Crippen LogP contribution in [0.4, 0.5) is 17.2 Å². The van der Waals surface area contributed by atoms with Gasteiger partial charge in [-0.15, -0.1) is 0 Å². The Labute approximate surface area is 238 Å². The standard InChI is InChI=1S/C37H24N4/c1-4-12-25(13-5-1)32-24-33(26-14-6-2-7-15-26)40-36(39-32)28-22-27-20-21-38-37-35(27)31(23-28)30-18-10-11-19-34(30)41(37)29-16-8-3-9-17-29/h1-24H. The van der Waals surface area contributed by atoms with Gasteiger partial charge in [-0.1, -0.05) is 97.1 Å². The number of pyridine rings is 1. The van der Waals surface area contributed by atoms with Gasteiger partial charge >= 0.3 is 0 Å². The van der Waals surface area contributed by atoms with Gasteiger partial charge in [0.05, 0.1) is 17.1 Å². The molecule has 0 radical (unpaired) electrons. The van der Waals surface area contributed by atoms with Crippen molar-refractivity contribution in [2.24, 2.45) is 0 Å². The van der Waals surface area contributed by atoms with Crippen molar-refractivity contribution in [1.82, 2.24) is 15.0 Å². The van der Waals surface area contributed by atoms with Crippen LogP contribution in [0.5, 0.6) is 0 Å². The summed E-state index contributed by atoms with van der Waals surface area (Å²) < 4.78 is 0. The van der Waals surface area contributed by atoms with E-state index in [4.69, 9.17) is 15.0 Å². The molecule has 0 atom stereocenters. The van der Waals surface area contributed by atoms with Crippen molar-refractivity contribution in [3.63, 3.8) is 0 Å². The zero-order valence-corrected chi connectivity index (χ0v) is 22.1. The third kappa shape index (κ3) is 3.97. The zero-order valence-electron chi connectivity index (χ0n) is 22.1. The van der Waals surface area contributed by atoms with Gasteiger partial charge in [-0.2, -0.15) is 0 Å². The number of anilines is 3. The molecular weight excluding hydrogens is 500 g/mol. The summed E-state index contributed by atoms with van der Waals surface area (Å²) in [5, 5.41) is 2.23. The largest absolute Gasteiger partial charge is 0.294 e. The number of nitrogens with zero attached hydrogens (tertiary/aromatic N) is 4. The van der Waals surface area contributed by atoms with Gasteiger partial charge in [0.25, 0.3) is 0 Å². The lowest BCUT2D eigenvalue weighted by atomic mass is 9.91. The van der Waals surface area contributed by atoms with Gasteiger partial charge in [0.15, 0.2) is 5.82 Å². The molecule has 0 saturated heterocycles. The molecule has 1 aliphatic heterocycles. The summed E-state index contributed by atoms with van der Waals surface area (Å²) in [6, 6.07) is 48.2. The van der Waals surface area contributed by atoms with Crippen LogP contribution in [0.1, 0.15) is 0 Å². The van der Waals surface area contributed by atoms with Crippen molar-refractivity contribution in [2.75, 3.05) is 4.90 Å². The van der Waals surface area contributed by atoms with E-state index in [-0.39, 0.29) is 0 Å². The van der Waals surface area contributed by atoms with E-state index in [1.165, 1.54) is 0 Å². The van der Waals surface area contributed by atoms with Gasteiger partial charge in [0, 0.05) is 39.5 Å². The van der Waals surface area contributed by atoms with Gasteiger partial charge in [-0.05, 0) is 53.4 Å². The average Bonchev–Trinajstić information content (AvgIpc) is 3.06. The van der Waals surface area contributed by atoms with Crippen molar-refractivity contribution in [1.29, 1.82) is 0 Å². The molecule has 8 rings (SSSR count). The van der Waals surface area contributed by atoms with Crippen LogP contribution < -0.4 is 4.90 Å². The van der Waals surface area contributed by atoms with Crippen molar-refractivity contribution < 1.29 is 0 Å². The molecule has 3 heterocycles. The summed E-state index contributed by atoms with van der Waals surface area (Å²) in [4.78, 5) is 17.4. The number of para-hydroxylation sites is 2. The molecule has 0 aliphatic carbocycles. The van der Waals surface area contributed by atoms with Crippen molar-refractivity contribution in [2.45, 2.75) is 0 Å². The lowest BCUT2D eigenvalue weighted by Crippen LogP contribution is -2.16. The Hall–Kier alpha value is -5.61. The first kappa shape index (κ1) is 23.3. The maximum Gasteiger partial charge on any atom is 0.160 e. The summed E-state index contributed by atoms with van der Waals surface area (Å²) >= 11 is 0. The fourth-order valence-corrected chi connectivity index (χ4v) is 5.75. The van der Waals surface area contributed by atoms with Crippen LogP contribution in [-0.2, 0) is 0 Å². The minimum absolute atomic E-state index is 0.699. The number of benzene rings is 5. The highest BCUT2D eigenvalue weighted by molar-refractivity contribution is 6.13. The third-order valence-electron chi connectivity index (χ3n) is 7.63. The maximum absolute atomic E-state index is 5.10. The first-order valence-corrected chi connectivity index (χ1v) is 13.7. The number of fused-ring (bicyclic) bond motifs is 2. The second-order valence-corrected chi connectivity index (χ2v) is 10.1. The summed E-state index contributed by atoms with van der Waals surface area (Å²) in [5.41, 5.74) is 9.38. The van der Waals surface area contributed by atoms with E-state index in [1.807, 2.05) is 48.7 Å². The quantitative estimate of drug-likeness (QED) is 0.230. The van der Waals surface area contributed by atoms with E-state index in [0.29, 0.717) is 5.82 Å². The van der Waals surface area contributed by atoms with Gasteiger partial charge < -0.3 is 0 Å². The zero-order chi connectivity index (χ0) is 27.2. The molecule has 0 unspecified atom stereocenters. The molecule has 4 nitrogen and oxygen atoms in total. The molecule has 41 heavy (non-hydrogen) atoms. The number of aromatic nitrogens is 3. The van der Waals surface area contributed by atoms with Gasteiger partial charge in [0.1, 0.15) is 5.82 Å². The second kappa shape index (κ2) is 9.54. The van der Waals surface area contributed by atoms with Crippen molar-refractivity contribution in [3.05, 3.63) is 146 Å². The summed E-state index contributed by atoms with van der Waals surface area (Å²) in [7, 11) is 0. The van der Waals surface area contributed by atoms with E-state index in [1.54, 1.807) is 0 Å². The predicted octanol–water partition coefficient (Wildman–Crippen LogP) is 9.48. The molecule has 0 saturated carbocycles. The van der Waals surface area contributed by atoms with Crippen LogP contribution in [0.2, 0.25) is 0 Å². The van der Waals surface area contributed by atoms with Crippen LogP contribution in [0.25, 0.3) is 55.8 Å². The Morgan fingerprint density at radius 3 is 1.78 bits per heavy atom. The molecule has 2 aromatic heterocycles. The fourth-order valence-electron chi connectivity index (χ4n) is 5.75. The summed E-state index contributed by atoms with van der Waals surface area (Å²) in [6.45, 7) is 0. The van der Waals surface area contributed by atoms with Crippen molar-refractivity contribution >= 4 is 28.0 Å². The summed E-state index contributed by atoms with van der Waals surface area (Å²) in [6.07, 6.45) is 1.89. The molecule has 192 valence electrons. The lowest BCUT2D eigenvalue weighted by Gasteiger charge is -2.32. The smallest absolute Gasteiger partial charge is 0.160 e. The van der Waals surface area contributed by atoms with Crippen LogP contribution in [0, 0.1) is 0 Å². The minimum atomic E-state index is 0.699. The van der Waals surface area contributed by atoms with Gasteiger partial charge in [0.2, 0.25) is 0 Å². The molecule has 0 spiro atoms. The van der Waals surface area contributed by atoms with E-state index in [9.17, 15) is 0 Å². The topological polar surface area (TPSA) is 41.9 Å². The summed E-state index contributed by atoms with van der Waals surface area (Å²) in [5.74, 6) is 1.63. The molecule has 1 aliphatic rings. The predicted molar refractivity (Wildman–Crippen MR) is 167 cm³/mol. The molecule has 7 aromatic rings. The Morgan fingerprint density at radius 2 is 1.10 bits per heavy atom.